The summed E-state index contributed by atoms with van der Waals surface area (Å²) in [5.41, 5.74) is 2.34. The van der Waals surface area contributed by atoms with E-state index in [1.54, 1.807) is 0 Å². The largest absolute Gasteiger partial charge is 0.439 e. The molecule has 0 aliphatic heterocycles. The third-order valence-electron chi connectivity index (χ3n) is 3.44. The van der Waals surface area contributed by atoms with E-state index in [-0.39, 0.29) is 5.69 Å². The predicted octanol–water partition coefficient (Wildman–Crippen LogP) is 5.03. The SMILES string of the molecule is CC(C)c1cc(Oc2ccc([N+](=O)[O-])cn2)cc(C(C)C)c1. The summed E-state index contributed by atoms with van der Waals surface area (Å²) in [6.45, 7) is 8.53. The molecule has 0 saturated heterocycles. The van der Waals surface area contributed by atoms with E-state index in [9.17, 15) is 10.1 Å². The smallest absolute Gasteiger partial charge is 0.287 e. The first-order chi connectivity index (χ1) is 10.4. The van der Waals surface area contributed by atoms with Crippen LogP contribution in [0.15, 0.2) is 36.5 Å². The monoisotopic (exact) mass is 300 g/mol. The molecule has 0 spiro atoms. The molecule has 0 N–H and O–H groups in total. The van der Waals surface area contributed by atoms with E-state index < -0.39 is 4.92 Å². The molecule has 2 rings (SSSR count). The molecule has 0 fully saturated rings. The lowest BCUT2D eigenvalue weighted by Crippen LogP contribution is -1.96. The van der Waals surface area contributed by atoms with Crippen molar-refractivity contribution in [3.63, 3.8) is 0 Å². The highest BCUT2D eigenvalue weighted by Gasteiger charge is 2.10. The lowest BCUT2D eigenvalue weighted by molar-refractivity contribution is -0.385. The number of hydrogen-bond donors (Lipinski definition) is 0. The summed E-state index contributed by atoms with van der Waals surface area (Å²) in [7, 11) is 0. The van der Waals surface area contributed by atoms with Crippen LogP contribution in [0.25, 0.3) is 0 Å². The second kappa shape index (κ2) is 6.56. The van der Waals surface area contributed by atoms with Crippen molar-refractivity contribution in [3.05, 3.63) is 57.8 Å². The van der Waals surface area contributed by atoms with Gasteiger partial charge in [0.2, 0.25) is 5.88 Å². The number of pyridine rings is 1. The number of rotatable bonds is 5. The van der Waals surface area contributed by atoms with Gasteiger partial charge in [-0.05, 0) is 35.1 Å². The summed E-state index contributed by atoms with van der Waals surface area (Å²) in [6, 6.07) is 9.05. The Morgan fingerprint density at radius 2 is 1.64 bits per heavy atom. The van der Waals surface area contributed by atoms with Gasteiger partial charge in [-0.2, -0.15) is 0 Å². The minimum atomic E-state index is -0.479. The molecule has 2 aromatic rings. The number of aromatic nitrogens is 1. The lowest BCUT2D eigenvalue weighted by Gasteiger charge is -2.14. The second-order valence-electron chi connectivity index (χ2n) is 5.86. The van der Waals surface area contributed by atoms with E-state index in [4.69, 9.17) is 4.74 Å². The number of nitro groups is 1. The van der Waals surface area contributed by atoms with Crippen LogP contribution in [0.4, 0.5) is 5.69 Å². The molecule has 0 aliphatic carbocycles. The Kier molecular flexibility index (Phi) is 4.75. The van der Waals surface area contributed by atoms with E-state index in [1.807, 2.05) is 12.1 Å². The minimum absolute atomic E-state index is 0.0499. The van der Waals surface area contributed by atoms with Crippen molar-refractivity contribution >= 4 is 5.69 Å². The zero-order valence-corrected chi connectivity index (χ0v) is 13.2. The van der Waals surface area contributed by atoms with Crippen molar-refractivity contribution in [2.75, 3.05) is 0 Å². The summed E-state index contributed by atoms with van der Waals surface area (Å²) in [4.78, 5) is 14.1. The number of hydrogen-bond acceptors (Lipinski definition) is 4. The molecule has 5 heteroatoms. The lowest BCUT2D eigenvalue weighted by atomic mass is 9.95. The fourth-order valence-electron chi connectivity index (χ4n) is 2.03. The number of benzene rings is 1. The van der Waals surface area contributed by atoms with Crippen LogP contribution in [0, 0.1) is 10.1 Å². The molecule has 1 aromatic heterocycles. The maximum atomic E-state index is 10.6. The molecule has 116 valence electrons. The molecule has 0 radical (unpaired) electrons. The van der Waals surface area contributed by atoms with Crippen molar-refractivity contribution in [2.45, 2.75) is 39.5 Å². The van der Waals surface area contributed by atoms with E-state index >= 15 is 0 Å². The zero-order chi connectivity index (χ0) is 16.3. The highest BCUT2D eigenvalue weighted by Crippen LogP contribution is 2.29. The molecular weight excluding hydrogens is 280 g/mol. The highest BCUT2D eigenvalue weighted by molar-refractivity contribution is 5.39. The maximum absolute atomic E-state index is 10.6. The normalized spacial score (nSPS) is 11.0. The van der Waals surface area contributed by atoms with Gasteiger partial charge < -0.3 is 4.74 Å². The molecule has 0 amide bonds. The molecule has 0 atom stereocenters. The summed E-state index contributed by atoms with van der Waals surface area (Å²) < 4.78 is 5.76. The van der Waals surface area contributed by atoms with Crippen LogP contribution in [-0.4, -0.2) is 9.91 Å². The van der Waals surface area contributed by atoms with Crippen LogP contribution in [0.2, 0.25) is 0 Å². The zero-order valence-electron chi connectivity index (χ0n) is 13.2. The quantitative estimate of drug-likeness (QED) is 0.574. The van der Waals surface area contributed by atoms with Crippen molar-refractivity contribution in [1.29, 1.82) is 0 Å². The second-order valence-corrected chi connectivity index (χ2v) is 5.86. The van der Waals surface area contributed by atoms with Crippen LogP contribution in [0.3, 0.4) is 0 Å². The number of ether oxygens (including phenoxy) is 1. The molecule has 1 heterocycles. The van der Waals surface area contributed by atoms with Crippen LogP contribution in [0.5, 0.6) is 11.6 Å². The number of nitrogens with zero attached hydrogens (tertiary/aromatic N) is 2. The van der Waals surface area contributed by atoms with E-state index in [0.29, 0.717) is 23.5 Å². The summed E-state index contributed by atoms with van der Waals surface area (Å²) >= 11 is 0. The average molecular weight is 300 g/mol. The van der Waals surface area contributed by atoms with Crippen molar-refractivity contribution < 1.29 is 9.66 Å². The third kappa shape index (κ3) is 3.81. The van der Waals surface area contributed by atoms with Gasteiger partial charge in [-0.1, -0.05) is 33.8 Å². The minimum Gasteiger partial charge on any atom is -0.439 e. The molecule has 22 heavy (non-hydrogen) atoms. The Bertz CT molecular complexity index is 638. The van der Waals surface area contributed by atoms with Crippen LogP contribution >= 0.6 is 0 Å². The molecular formula is C17H20N2O3. The van der Waals surface area contributed by atoms with Crippen molar-refractivity contribution in [3.8, 4) is 11.6 Å². The fourth-order valence-corrected chi connectivity index (χ4v) is 2.03. The Morgan fingerprint density at radius 3 is 2.05 bits per heavy atom. The van der Waals surface area contributed by atoms with Crippen LogP contribution < -0.4 is 4.74 Å². The standard InChI is InChI=1S/C17H20N2O3/c1-11(2)13-7-14(12(3)4)9-16(8-13)22-17-6-5-15(10-18-17)19(20)21/h5-12H,1-4H3. The van der Waals surface area contributed by atoms with E-state index in [1.165, 1.54) is 29.5 Å². The Labute approximate surface area is 130 Å². The van der Waals surface area contributed by atoms with Gasteiger partial charge in [0, 0.05) is 12.1 Å². The van der Waals surface area contributed by atoms with Gasteiger partial charge >= 0.3 is 0 Å². The van der Waals surface area contributed by atoms with Gasteiger partial charge in [0.05, 0.1) is 4.92 Å². The summed E-state index contributed by atoms with van der Waals surface area (Å²) in [5, 5.41) is 10.6. The first-order valence-electron chi connectivity index (χ1n) is 7.30. The molecule has 5 nitrogen and oxygen atoms in total. The van der Waals surface area contributed by atoms with Gasteiger partial charge in [0.1, 0.15) is 11.9 Å². The highest BCUT2D eigenvalue weighted by atomic mass is 16.6. The van der Waals surface area contributed by atoms with Gasteiger partial charge in [-0.15, -0.1) is 0 Å². The average Bonchev–Trinajstić information content (AvgIpc) is 2.47. The van der Waals surface area contributed by atoms with E-state index in [2.05, 4.69) is 38.7 Å². The fraction of sp³-hybridized carbons (Fsp3) is 0.353. The Morgan fingerprint density at radius 1 is 1.05 bits per heavy atom. The molecule has 0 unspecified atom stereocenters. The molecule has 0 bridgehead atoms. The first kappa shape index (κ1) is 15.9. The molecule has 0 aliphatic rings. The van der Waals surface area contributed by atoms with Crippen LogP contribution in [-0.2, 0) is 0 Å². The Hall–Kier alpha value is -2.43. The summed E-state index contributed by atoms with van der Waals surface area (Å²) in [5.74, 6) is 1.84. The Balaban J connectivity index is 2.29. The first-order valence-corrected chi connectivity index (χ1v) is 7.30. The van der Waals surface area contributed by atoms with Gasteiger partial charge in [-0.3, -0.25) is 10.1 Å². The molecule has 1 aromatic carbocycles. The van der Waals surface area contributed by atoms with Gasteiger partial charge in [-0.25, -0.2) is 4.98 Å². The van der Waals surface area contributed by atoms with Crippen LogP contribution in [0.1, 0.15) is 50.7 Å². The topological polar surface area (TPSA) is 65.3 Å². The van der Waals surface area contributed by atoms with Gasteiger partial charge in [0.15, 0.2) is 0 Å². The summed E-state index contributed by atoms with van der Waals surface area (Å²) in [6.07, 6.45) is 1.20. The van der Waals surface area contributed by atoms with Gasteiger partial charge in [0.25, 0.3) is 5.69 Å². The van der Waals surface area contributed by atoms with E-state index in [0.717, 1.165) is 0 Å². The van der Waals surface area contributed by atoms with Crippen molar-refractivity contribution in [1.82, 2.24) is 4.98 Å². The molecule has 0 saturated carbocycles. The van der Waals surface area contributed by atoms with Crippen molar-refractivity contribution in [2.24, 2.45) is 0 Å². The predicted molar refractivity (Wildman–Crippen MR) is 85.6 cm³/mol. The maximum Gasteiger partial charge on any atom is 0.287 e. The third-order valence-corrected chi connectivity index (χ3v) is 3.44.